The van der Waals surface area contributed by atoms with E-state index >= 15 is 0 Å². The van der Waals surface area contributed by atoms with Crippen LogP contribution < -0.4 is 5.32 Å². The molecule has 0 fully saturated rings. The number of nitrogens with one attached hydrogen (secondary N) is 1. The van der Waals surface area contributed by atoms with Crippen molar-refractivity contribution in [2.24, 2.45) is 0 Å². The molecule has 0 bridgehead atoms. The van der Waals surface area contributed by atoms with E-state index < -0.39 is 11.9 Å². The number of ketones is 1. The summed E-state index contributed by atoms with van der Waals surface area (Å²) in [6, 6.07) is 8.53. The Hall–Kier alpha value is -4.01. The Bertz CT molecular complexity index is 1310. The Morgan fingerprint density at radius 2 is 1.88 bits per heavy atom. The van der Waals surface area contributed by atoms with Crippen LogP contribution in [-0.2, 0) is 22.6 Å². The fourth-order valence-electron chi connectivity index (χ4n) is 3.94. The quantitative estimate of drug-likeness (QED) is 0.609. The number of carbonyl (C=O) groups excluding carboxylic acids is 3. The third-order valence-corrected chi connectivity index (χ3v) is 5.99. The zero-order chi connectivity index (χ0) is 24.6. The van der Waals surface area contributed by atoms with E-state index in [9.17, 15) is 18.8 Å². The molecule has 1 N–H and O–H groups in total. The molecule has 1 aromatic heterocycles. The molecule has 3 amide bonds. The normalized spacial score (nSPS) is 15.8. The molecule has 2 aromatic carbocycles. The maximum atomic E-state index is 13.4. The molecule has 0 spiro atoms. The summed E-state index contributed by atoms with van der Waals surface area (Å²) in [6.07, 6.45) is 3.33. The number of fused-ring (bicyclic) bond motifs is 1. The highest BCUT2D eigenvalue weighted by molar-refractivity contribution is 6.00. The van der Waals surface area contributed by atoms with Gasteiger partial charge in [-0.15, -0.1) is 0 Å². The maximum Gasteiger partial charge on any atom is 0.321 e. The fraction of sp³-hybridized carbons (Fsp3) is 0.280. The van der Waals surface area contributed by atoms with Crippen LogP contribution in [0.3, 0.4) is 0 Å². The number of hydrogen-bond donors (Lipinski definition) is 1. The average molecular weight is 464 g/mol. The number of aryl methyl sites for hydroxylation is 1. The van der Waals surface area contributed by atoms with Crippen LogP contribution in [0.1, 0.15) is 22.7 Å². The van der Waals surface area contributed by atoms with Crippen molar-refractivity contribution in [2.75, 3.05) is 21.1 Å². The molecular weight excluding hydrogens is 437 g/mol. The molecular formula is C25H26FN5O3. The Morgan fingerprint density at radius 3 is 2.56 bits per heavy atom. The molecule has 1 atom stereocenters. The van der Waals surface area contributed by atoms with Gasteiger partial charge in [0, 0.05) is 44.7 Å². The number of nitrogens with zero attached hydrogens (tertiary/aromatic N) is 4. The number of urea groups is 1. The minimum absolute atomic E-state index is 0.0866. The minimum Gasteiger partial charge on any atom is -0.347 e. The van der Waals surface area contributed by atoms with Crippen molar-refractivity contribution in [3.63, 3.8) is 0 Å². The SMILES string of the molecule is Cc1cc2cnn(CC(=O)N(C)C)c2cc1CC(=O)C1=CN(C)C(=O)N[C@H]1c1ccc(F)cc1. The van der Waals surface area contributed by atoms with Crippen molar-refractivity contribution < 1.29 is 18.8 Å². The van der Waals surface area contributed by atoms with Crippen LogP contribution in [0.25, 0.3) is 10.9 Å². The van der Waals surface area contributed by atoms with Crippen LogP contribution in [0, 0.1) is 12.7 Å². The second-order valence-corrected chi connectivity index (χ2v) is 8.66. The lowest BCUT2D eigenvalue weighted by Crippen LogP contribution is -2.43. The first kappa shape index (κ1) is 23.2. The fourth-order valence-corrected chi connectivity index (χ4v) is 3.94. The molecule has 34 heavy (non-hydrogen) atoms. The Balaban J connectivity index is 1.66. The number of hydrogen-bond acceptors (Lipinski definition) is 4. The smallest absolute Gasteiger partial charge is 0.321 e. The van der Waals surface area contributed by atoms with Crippen molar-refractivity contribution >= 4 is 28.6 Å². The molecule has 0 unspecified atom stereocenters. The average Bonchev–Trinajstić information content (AvgIpc) is 3.17. The summed E-state index contributed by atoms with van der Waals surface area (Å²) in [7, 11) is 4.95. The van der Waals surface area contributed by atoms with Crippen molar-refractivity contribution in [3.8, 4) is 0 Å². The Labute approximate surface area is 196 Å². The largest absolute Gasteiger partial charge is 0.347 e. The highest BCUT2D eigenvalue weighted by Gasteiger charge is 2.30. The topological polar surface area (TPSA) is 87.5 Å². The molecule has 9 heteroatoms. The first-order chi connectivity index (χ1) is 16.1. The van der Waals surface area contributed by atoms with Gasteiger partial charge < -0.3 is 15.1 Å². The zero-order valence-corrected chi connectivity index (χ0v) is 19.5. The number of rotatable bonds is 6. The Morgan fingerprint density at radius 1 is 1.18 bits per heavy atom. The van der Waals surface area contributed by atoms with Gasteiger partial charge in [0.05, 0.1) is 17.8 Å². The van der Waals surface area contributed by atoms with Crippen molar-refractivity contribution in [1.82, 2.24) is 24.9 Å². The molecule has 8 nitrogen and oxygen atoms in total. The van der Waals surface area contributed by atoms with E-state index in [1.165, 1.54) is 28.1 Å². The number of likely N-dealkylation sites (N-methyl/N-ethyl adjacent to an activating group) is 1. The first-order valence-electron chi connectivity index (χ1n) is 10.8. The van der Waals surface area contributed by atoms with Gasteiger partial charge >= 0.3 is 6.03 Å². The maximum absolute atomic E-state index is 13.4. The van der Waals surface area contributed by atoms with Crippen LogP contribution in [0.4, 0.5) is 9.18 Å². The summed E-state index contributed by atoms with van der Waals surface area (Å²) in [4.78, 5) is 40.7. The standard InChI is InChI=1S/C25H26FN5O3/c1-15-9-18-12-27-31(14-23(33)29(2)3)21(18)10-17(15)11-22(32)20-13-30(4)25(34)28-24(20)16-5-7-19(26)8-6-16/h5-10,12-13,24H,11,14H2,1-4H3,(H,28,34)/t24-/m0/s1. The van der Waals surface area contributed by atoms with Crippen molar-refractivity contribution in [2.45, 2.75) is 25.9 Å². The van der Waals surface area contributed by atoms with Gasteiger partial charge in [-0.2, -0.15) is 5.10 Å². The Kier molecular flexibility index (Phi) is 6.19. The van der Waals surface area contributed by atoms with Crippen molar-refractivity contribution in [1.29, 1.82) is 0 Å². The van der Waals surface area contributed by atoms with Gasteiger partial charge in [-0.05, 0) is 47.9 Å². The van der Waals surface area contributed by atoms with Gasteiger partial charge in [-0.3, -0.25) is 14.3 Å². The molecule has 0 saturated carbocycles. The monoisotopic (exact) mass is 463 g/mol. The van der Waals surface area contributed by atoms with E-state index in [1.807, 2.05) is 19.1 Å². The molecule has 176 valence electrons. The lowest BCUT2D eigenvalue weighted by molar-refractivity contribution is -0.129. The summed E-state index contributed by atoms with van der Waals surface area (Å²) in [5.41, 5.74) is 3.52. The molecule has 3 aromatic rings. The summed E-state index contributed by atoms with van der Waals surface area (Å²) >= 11 is 0. The first-order valence-corrected chi connectivity index (χ1v) is 10.8. The van der Waals surface area contributed by atoms with E-state index in [0.29, 0.717) is 11.1 Å². The zero-order valence-electron chi connectivity index (χ0n) is 19.5. The van der Waals surface area contributed by atoms with Crippen LogP contribution in [-0.4, -0.2) is 58.4 Å². The van der Waals surface area contributed by atoms with Gasteiger partial charge in [-0.1, -0.05) is 12.1 Å². The summed E-state index contributed by atoms with van der Waals surface area (Å²) in [5.74, 6) is -0.649. The van der Waals surface area contributed by atoms with Crippen LogP contribution in [0.15, 0.2) is 54.4 Å². The van der Waals surface area contributed by atoms with Crippen LogP contribution in [0.2, 0.25) is 0 Å². The third-order valence-electron chi connectivity index (χ3n) is 5.99. The van der Waals surface area contributed by atoms with Crippen LogP contribution in [0.5, 0.6) is 0 Å². The summed E-state index contributed by atoms with van der Waals surface area (Å²) in [6.45, 7) is 2.02. The number of Topliss-reactive ketones (excluding diaryl/α,β-unsaturated/α-hetero) is 1. The molecule has 1 aliphatic heterocycles. The number of benzene rings is 2. The number of carbonyl (C=O) groups is 3. The molecule has 4 rings (SSSR count). The third kappa shape index (κ3) is 4.54. The summed E-state index contributed by atoms with van der Waals surface area (Å²) < 4.78 is 15.1. The lowest BCUT2D eigenvalue weighted by Gasteiger charge is -2.30. The van der Waals surface area contributed by atoms with Gasteiger partial charge in [0.25, 0.3) is 0 Å². The van der Waals surface area contributed by atoms with E-state index in [1.54, 1.807) is 44.2 Å². The minimum atomic E-state index is -0.677. The highest BCUT2D eigenvalue weighted by Crippen LogP contribution is 2.29. The second-order valence-electron chi connectivity index (χ2n) is 8.66. The summed E-state index contributed by atoms with van der Waals surface area (Å²) in [5, 5.41) is 8.04. The van der Waals surface area contributed by atoms with E-state index in [4.69, 9.17) is 0 Å². The van der Waals surface area contributed by atoms with Crippen molar-refractivity contribution in [3.05, 3.63) is 76.9 Å². The molecule has 0 saturated heterocycles. The van der Waals surface area contributed by atoms with E-state index in [-0.39, 0.29) is 30.7 Å². The van der Waals surface area contributed by atoms with E-state index in [2.05, 4.69) is 10.4 Å². The molecule has 0 radical (unpaired) electrons. The number of aromatic nitrogens is 2. The van der Waals surface area contributed by atoms with Gasteiger partial charge in [0.15, 0.2) is 5.78 Å². The number of halogens is 1. The van der Waals surface area contributed by atoms with Gasteiger partial charge in [-0.25, -0.2) is 9.18 Å². The highest BCUT2D eigenvalue weighted by atomic mass is 19.1. The van der Waals surface area contributed by atoms with Gasteiger partial charge in [0.1, 0.15) is 12.4 Å². The molecule has 1 aliphatic rings. The molecule has 0 aliphatic carbocycles. The predicted molar refractivity (Wildman–Crippen MR) is 125 cm³/mol. The van der Waals surface area contributed by atoms with Gasteiger partial charge in [0.2, 0.25) is 5.91 Å². The number of amides is 3. The lowest BCUT2D eigenvalue weighted by atomic mass is 9.90. The van der Waals surface area contributed by atoms with Crippen LogP contribution >= 0.6 is 0 Å². The second kappa shape index (κ2) is 9.09. The van der Waals surface area contributed by atoms with E-state index in [0.717, 1.165) is 22.0 Å². The molecule has 2 heterocycles. The predicted octanol–water partition coefficient (Wildman–Crippen LogP) is 2.96.